The smallest absolute Gasteiger partial charge is 0.243 e. The molecule has 0 atom stereocenters. The summed E-state index contributed by atoms with van der Waals surface area (Å²) in [5, 5.41) is 0.541. The van der Waals surface area contributed by atoms with Crippen LogP contribution in [0.4, 0.5) is 5.69 Å². The van der Waals surface area contributed by atoms with E-state index in [9.17, 15) is 8.42 Å². The van der Waals surface area contributed by atoms with Crippen molar-refractivity contribution in [3.05, 3.63) is 118 Å². The number of sulfonamides is 1. The first kappa shape index (κ1) is 24.0. The average Bonchev–Trinajstić information content (AvgIpc) is 3.27. The number of rotatable bonds is 8. The molecule has 7 heteroatoms. The van der Waals surface area contributed by atoms with Gasteiger partial charge in [-0.3, -0.25) is 4.99 Å². The molecule has 0 N–H and O–H groups in total. The van der Waals surface area contributed by atoms with E-state index < -0.39 is 10.0 Å². The molecule has 5 nitrogen and oxygen atoms in total. The molecule has 4 aromatic rings. The lowest BCUT2D eigenvalue weighted by molar-refractivity contribution is 0.357. The van der Waals surface area contributed by atoms with Crippen molar-refractivity contribution in [1.82, 2.24) is 4.31 Å². The molecule has 0 amide bonds. The maximum absolute atomic E-state index is 13.5. The van der Waals surface area contributed by atoms with Crippen LogP contribution in [0.5, 0.6) is 0 Å². The van der Waals surface area contributed by atoms with Gasteiger partial charge < -0.3 is 4.42 Å². The zero-order valence-electron chi connectivity index (χ0n) is 19.0. The van der Waals surface area contributed by atoms with Gasteiger partial charge in [-0.05, 0) is 55.8 Å². The quantitative estimate of drug-likeness (QED) is 0.257. The normalized spacial score (nSPS) is 12.0. The van der Waals surface area contributed by atoms with Gasteiger partial charge in [-0.2, -0.15) is 4.31 Å². The number of aryl methyl sites for hydroxylation is 2. The lowest BCUT2D eigenvalue weighted by atomic mass is 10.1. The predicted molar refractivity (Wildman–Crippen MR) is 136 cm³/mol. The van der Waals surface area contributed by atoms with Crippen molar-refractivity contribution in [2.45, 2.75) is 31.8 Å². The van der Waals surface area contributed by atoms with E-state index in [1.165, 1.54) is 4.31 Å². The van der Waals surface area contributed by atoms with Gasteiger partial charge in [0.25, 0.3) is 0 Å². The van der Waals surface area contributed by atoms with Crippen molar-refractivity contribution in [2.75, 3.05) is 0 Å². The van der Waals surface area contributed by atoms with E-state index in [-0.39, 0.29) is 18.0 Å². The van der Waals surface area contributed by atoms with Gasteiger partial charge in [0.2, 0.25) is 10.0 Å². The largest absolute Gasteiger partial charge is 0.459 e. The third-order valence-corrected chi connectivity index (χ3v) is 7.46. The summed E-state index contributed by atoms with van der Waals surface area (Å²) >= 11 is 6.15. The molecule has 0 aliphatic heterocycles. The van der Waals surface area contributed by atoms with Crippen LogP contribution < -0.4 is 0 Å². The Morgan fingerprint density at radius 1 is 0.853 bits per heavy atom. The third-order valence-electron chi connectivity index (χ3n) is 5.34. The van der Waals surface area contributed by atoms with Crippen molar-refractivity contribution >= 4 is 33.5 Å². The highest BCUT2D eigenvalue weighted by Crippen LogP contribution is 2.25. The molecule has 1 aromatic heterocycles. The van der Waals surface area contributed by atoms with Crippen LogP contribution in [0.3, 0.4) is 0 Å². The molecular formula is C27H25ClN2O3S. The van der Waals surface area contributed by atoms with Crippen LogP contribution in [0.25, 0.3) is 0 Å². The van der Waals surface area contributed by atoms with Gasteiger partial charge in [0.15, 0.2) is 0 Å². The molecule has 0 fully saturated rings. The second kappa shape index (κ2) is 10.4. The van der Waals surface area contributed by atoms with Gasteiger partial charge in [-0.15, -0.1) is 0 Å². The van der Waals surface area contributed by atoms with Crippen molar-refractivity contribution in [2.24, 2.45) is 4.99 Å². The molecule has 0 aliphatic carbocycles. The minimum atomic E-state index is -3.75. The van der Waals surface area contributed by atoms with Gasteiger partial charge in [-0.25, -0.2) is 8.42 Å². The van der Waals surface area contributed by atoms with E-state index in [0.717, 1.165) is 16.7 Å². The van der Waals surface area contributed by atoms with Crippen LogP contribution in [0.2, 0.25) is 5.02 Å². The molecule has 34 heavy (non-hydrogen) atoms. The molecule has 0 aliphatic rings. The van der Waals surface area contributed by atoms with Crippen molar-refractivity contribution in [3.63, 3.8) is 0 Å². The number of benzene rings is 3. The number of halogens is 1. The molecule has 0 unspecified atom stereocenters. The Kier molecular flexibility index (Phi) is 7.32. The average molecular weight is 493 g/mol. The molecule has 1 heterocycles. The van der Waals surface area contributed by atoms with Gasteiger partial charge >= 0.3 is 0 Å². The minimum Gasteiger partial charge on any atom is -0.459 e. The first-order valence-corrected chi connectivity index (χ1v) is 12.6. The maximum Gasteiger partial charge on any atom is 0.243 e. The van der Waals surface area contributed by atoms with Crippen molar-refractivity contribution in [3.8, 4) is 0 Å². The van der Waals surface area contributed by atoms with Gasteiger partial charge in [0.05, 0.1) is 28.4 Å². The molecule has 0 bridgehead atoms. The fourth-order valence-electron chi connectivity index (χ4n) is 3.39. The van der Waals surface area contributed by atoms with Crippen LogP contribution in [-0.2, 0) is 23.1 Å². The van der Waals surface area contributed by atoms with Crippen LogP contribution in [0.1, 0.15) is 28.2 Å². The fraction of sp³-hybridized carbons (Fsp3) is 0.148. The first-order valence-electron chi connectivity index (χ1n) is 10.8. The number of hydrogen-bond donors (Lipinski definition) is 0. The highest BCUT2D eigenvalue weighted by Gasteiger charge is 2.26. The standard InChI is InChI=1S/C27H25ClN2O3S/c1-20-7-11-22(12-8-20)18-30(34(31,32)25-15-9-21(2)10-16-25)19-24-14-13-23(33-24)17-29-27-6-4-3-5-26(27)28/h3-17H,18-19H2,1-2H3. The van der Waals surface area contributed by atoms with Gasteiger partial charge in [0.1, 0.15) is 11.5 Å². The molecule has 174 valence electrons. The van der Waals surface area contributed by atoms with Crippen LogP contribution in [0.15, 0.2) is 99.2 Å². The molecule has 0 spiro atoms. The highest BCUT2D eigenvalue weighted by atomic mass is 35.5. The Morgan fingerprint density at radius 3 is 2.18 bits per heavy atom. The Balaban J connectivity index is 1.60. The van der Waals surface area contributed by atoms with Crippen LogP contribution >= 0.6 is 11.6 Å². The Morgan fingerprint density at radius 2 is 1.50 bits per heavy atom. The lowest BCUT2D eigenvalue weighted by Gasteiger charge is -2.21. The second-order valence-corrected chi connectivity index (χ2v) is 10.4. The number of furan rings is 1. The van der Waals surface area contributed by atoms with Crippen molar-refractivity contribution < 1.29 is 12.8 Å². The Labute approximate surface area is 205 Å². The maximum atomic E-state index is 13.5. The summed E-state index contributed by atoms with van der Waals surface area (Å²) in [6, 6.07) is 25.5. The van der Waals surface area contributed by atoms with Gasteiger partial charge in [0, 0.05) is 6.54 Å². The highest BCUT2D eigenvalue weighted by molar-refractivity contribution is 7.89. The lowest BCUT2D eigenvalue weighted by Crippen LogP contribution is -2.30. The summed E-state index contributed by atoms with van der Waals surface area (Å²) in [5.41, 5.74) is 3.64. The molecular weight excluding hydrogens is 468 g/mol. The molecule has 0 radical (unpaired) electrons. The van der Waals surface area contributed by atoms with Crippen molar-refractivity contribution in [1.29, 1.82) is 0 Å². The summed E-state index contributed by atoms with van der Waals surface area (Å²) in [6.07, 6.45) is 1.57. The number of nitrogens with zero attached hydrogens (tertiary/aromatic N) is 2. The number of hydrogen-bond acceptors (Lipinski definition) is 4. The SMILES string of the molecule is Cc1ccc(CN(Cc2ccc(C=Nc3ccccc3Cl)o2)S(=O)(=O)c2ccc(C)cc2)cc1. The zero-order valence-corrected chi connectivity index (χ0v) is 20.6. The van der Waals surface area contributed by atoms with Crippen LogP contribution in [0, 0.1) is 13.8 Å². The van der Waals surface area contributed by atoms with Crippen LogP contribution in [-0.4, -0.2) is 18.9 Å². The molecule has 4 rings (SSSR count). The van der Waals surface area contributed by atoms with E-state index in [1.807, 2.05) is 50.2 Å². The van der Waals surface area contributed by atoms with Gasteiger partial charge in [-0.1, -0.05) is 71.3 Å². The fourth-order valence-corrected chi connectivity index (χ4v) is 4.97. The number of aliphatic imine (C=N–C) groups is 1. The monoisotopic (exact) mass is 492 g/mol. The molecule has 0 saturated heterocycles. The van der Waals surface area contributed by atoms with E-state index >= 15 is 0 Å². The summed E-state index contributed by atoms with van der Waals surface area (Å²) < 4.78 is 34.3. The second-order valence-electron chi connectivity index (χ2n) is 8.09. The van der Waals surface area contributed by atoms with E-state index in [2.05, 4.69) is 4.99 Å². The Hall–Kier alpha value is -3.19. The van der Waals surface area contributed by atoms with E-state index in [1.54, 1.807) is 54.7 Å². The predicted octanol–water partition coefficient (Wildman–Crippen LogP) is 6.69. The Bertz CT molecular complexity index is 1390. The summed E-state index contributed by atoms with van der Waals surface area (Å²) in [7, 11) is -3.75. The molecule has 3 aromatic carbocycles. The first-order chi connectivity index (χ1) is 16.3. The summed E-state index contributed by atoms with van der Waals surface area (Å²) in [4.78, 5) is 4.61. The number of para-hydroxylation sites is 1. The third kappa shape index (κ3) is 5.83. The minimum absolute atomic E-state index is 0.0873. The summed E-state index contributed by atoms with van der Waals surface area (Å²) in [6.45, 7) is 4.23. The molecule has 0 saturated carbocycles. The zero-order chi connectivity index (χ0) is 24.1. The topological polar surface area (TPSA) is 62.9 Å². The summed E-state index contributed by atoms with van der Waals surface area (Å²) in [5.74, 6) is 1.03. The van der Waals surface area contributed by atoms with E-state index in [0.29, 0.717) is 22.2 Å². The van der Waals surface area contributed by atoms with E-state index in [4.69, 9.17) is 16.0 Å².